The Morgan fingerprint density at radius 3 is 2.89 bits per heavy atom. The number of imidazole rings is 1. The Bertz CT molecular complexity index is 784. The minimum Gasteiger partial charge on any atom is -0.258 e. The first-order chi connectivity index (χ1) is 9.13. The van der Waals surface area contributed by atoms with Crippen molar-refractivity contribution in [2.45, 2.75) is 0 Å². The van der Waals surface area contributed by atoms with E-state index in [0.717, 1.165) is 0 Å². The first kappa shape index (κ1) is 11.6. The molecule has 0 bridgehead atoms. The van der Waals surface area contributed by atoms with Crippen LogP contribution in [0.5, 0.6) is 0 Å². The first-order valence-electron chi connectivity index (χ1n) is 5.40. The summed E-state index contributed by atoms with van der Waals surface area (Å²) in [6.45, 7) is 0. The molecule has 0 aliphatic rings. The summed E-state index contributed by atoms with van der Waals surface area (Å²) in [5.41, 5.74) is 1.93. The number of aromatic nitrogens is 3. The van der Waals surface area contributed by atoms with Crippen molar-refractivity contribution < 1.29 is 4.92 Å². The lowest BCUT2D eigenvalue weighted by Gasteiger charge is -1.95. The molecular formula is C12H7ClN4O2. The van der Waals surface area contributed by atoms with Gasteiger partial charge in [0, 0.05) is 17.7 Å². The van der Waals surface area contributed by atoms with Crippen LogP contribution in [0.15, 0.2) is 42.6 Å². The fourth-order valence-electron chi connectivity index (χ4n) is 1.78. The number of rotatable bonds is 2. The SMILES string of the molecule is O=[N+]([O-])c1cccc(-c2cn3nc(Cl)ccc3n2)c1. The molecule has 3 aromatic rings. The number of halogens is 1. The summed E-state index contributed by atoms with van der Waals surface area (Å²) in [5, 5.41) is 15.2. The lowest BCUT2D eigenvalue weighted by molar-refractivity contribution is -0.384. The van der Waals surface area contributed by atoms with Gasteiger partial charge in [0.25, 0.3) is 5.69 Å². The van der Waals surface area contributed by atoms with E-state index in [1.165, 1.54) is 16.6 Å². The largest absolute Gasteiger partial charge is 0.270 e. The van der Waals surface area contributed by atoms with Gasteiger partial charge in [-0.25, -0.2) is 9.50 Å². The monoisotopic (exact) mass is 274 g/mol. The fraction of sp³-hybridized carbons (Fsp3) is 0. The van der Waals surface area contributed by atoms with E-state index in [4.69, 9.17) is 11.6 Å². The molecule has 0 unspecified atom stereocenters. The minimum atomic E-state index is -0.436. The van der Waals surface area contributed by atoms with E-state index in [0.29, 0.717) is 22.1 Å². The highest BCUT2D eigenvalue weighted by atomic mass is 35.5. The van der Waals surface area contributed by atoms with Crippen molar-refractivity contribution in [2.24, 2.45) is 0 Å². The van der Waals surface area contributed by atoms with Crippen molar-refractivity contribution >= 4 is 22.9 Å². The third-order valence-electron chi connectivity index (χ3n) is 2.64. The van der Waals surface area contributed by atoms with Crippen molar-refractivity contribution in [3.8, 4) is 11.3 Å². The van der Waals surface area contributed by atoms with Gasteiger partial charge in [-0.05, 0) is 12.1 Å². The van der Waals surface area contributed by atoms with Gasteiger partial charge in [0.2, 0.25) is 0 Å². The van der Waals surface area contributed by atoms with Crippen LogP contribution >= 0.6 is 11.6 Å². The molecule has 0 fully saturated rings. The second-order valence-corrected chi connectivity index (χ2v) is 4.28. The molecule has 0 saturated carbocycles. The van der Waals surface area contributed by atoms with Gasteiger partial charge in [0.1, 0.15) is 5.15 Å². The van der Waals surface area contributed by atoms with Crippen molar-refractivity contribution in [2.75, 3.05) is 0 Å². The molecule has 0 atom stereocenters. The standard InChI is InChI=1S/C12H7ClN4O2/c13-11-4-5-12-14-10(7-16(12)15-11)8-2-1-3-9(6-8)17(18)19/h1-7H. The molecule has 0 aliphatic heterocycles. The van der Waals surface area contributed by atoms with E-state index in [1.54, 1.807) is 30.5 Å². The average Bonchev–Trinajstić information content (AvgIpc) is 2.81. The highest BCUT2D eigenvalue weighted by molar-refractivity contribution is 6.29. The van der Waals surface area contributed by atoms with E-state index in [9.17, 15) is 10.1 Å². The van der Waals surface area contributed by atoms with Crippen LogP contribution in [-0.2, 0) is 0 Å². The molecule has 2 aromatic heterocycles. The quantitative estimate of drug-likeness (QED) is 0.532. The second-order valence-electron chi connectivity index (χ2n) is 3.89. The van der Waals surface area contributed by atoms with Crippen LogP contribution in [0.25, 0.3) is 16.9 Å². The average molecular weight is 275 g/mol. The molecule has 0 amide bonds. The molecule has 2 heterocycles. The van der Waals surface area contributed by atoms with Gasteiger partial charge in [-0.3, -0.25) is 10.1 Å². The zero-order valence-corrected chi connectivity index (χ0v) is 10.3. The third kappa shape index (κ3) is 2.13. The summed E-state index contributed by atoms with van der Waals surface area (Å²) >= 11 is 5.79. The third-order valence-corrected chi connectivity index (χ3v) is 2.84. The highest BCUT2D eigenvalue weighted by Gasteiger charge is 2.10. The van der Waals surface area contributed by atoms with Gasteiger partial charge in [-0.1, -0.05) is 23.7 Å². The van der Waals surface area contributed by atoms with Gasteiger partial charge in [0.05, 0.1) is 16.8 Å². The van der Waals surface area contributed by atoms with E-state index < -0.39 is 4.92 Å². The van der Waals surface area contributed by atoms with Crippen LogP contribution in [0.4, 0.5) is 5.69 Å². The summed E-state index contributed by atoms with van der Waals surface area (Å²) in [5.74, 6) is 0. The van der Waals surface area contributed by atoms with Crippen molar-refractivity contribution in [3.63, 3.8) is 0 Å². The van der Waals surface area contributed by atoms with Crippen LogP contribution in [-0.4, -0.2) is 19.5 Å². The number of non-ortho nitro benzene ring substituents is 1. The van der Waals surface area contributed by atoms with Crippen LogP contribution < -0.4 is 0 Å². The predicted octanol–water partition coefficient (Wildman–Crippen LogP) is 2.96. The molecule has 94 valence electrons. The Balaban J connectivity index is 2.13. The molecule has 0 saturated heterocycles. The molecule has 3 rings (SSSR count). The maximum atomic E-state index is 10.8. The Kier molecular flexibility index (Phi) is 2.64. The maximum Gasteiger partial charge on any atom is 0.270 e. The number of hydrogen-bond donors (Lipinski definition) is 0. The van der Waals surface area contributed by atoms with Crippen LogP contribution in [0.2, 0.25) is 5.15 Å². The van der Waals surface area contributed by atoms with Crippen molar-refractivity contribution in [1.29, 1.82) is 0 Å². The summed E-state index contributed by atoms with van der Waals surface area (Å²) in [7, 11) is 0. The lowest BCUT2D eigenvalue weighted by atomic mass is 10.1. The number of nitro benzene ring substituents is 1. The van der Waals surface area contributed by atoms with Gasteiger partial charge in [-0.2, -0.15) is 5.10 Å². The van der Waals surface area contributed by atoms with Gasteiger partial charge in [0.15, 0.2) is 5.65 Å². The van der Waals surface area contributed by atoms with Crippen molar-refractivity contribution in [3.05, 3.63) is 57.9 Å². The topological polar surface area (TPSA) is 73.3 Å². The molecule has 19 heavy (non-hydrogen) atoms. The van der Waals surface area contributed by atoms with Gasteiger partial charge >= 0.3 is 0 Å². The summed E-state index contributed by atoms with van der Waals surface area (Å²) in [6.07, 6.45) is 1.68. The summed E-state index contributed by atoms with van der Waals surface area (Å²) in [6, 6.07) is 9.67. The number of benzene rings is 1. The predicted molar refractivity (Wildman–Crippen MR) is 70.1 cm³/mol. The molecule has 0 N–H and O–H groups in total. The molecule has 1 aromatic carbocycles. The Labute approximate surface area is 112 Å². The molecule has 6 nitrogen and oxygen atoms in total. The zero-order chi connectivity index (χ0) is 13.4. The van der Waals surface area contributed by atoms with Gasteiger partial charge in [-0.15, -0.1) is 0 Å². The number of hydrogen-bond acceptors (Lipinski definition) is 4. The number of nitro groups is 1. The Morgan fingerprint density at radius 2 is 2.11 bits per heavy atom. The number of fused-ring (bicyclic) bond motifs is 1. The van der Waals surface area contributed by atoms with Crippen LogP contribution in [0.1, 0.15) is 0 Å². The smallest absolute Gasteiger partial charge is 0.258 e. The summed E-state index contributed by atoms with van der Waals surface area (Å²) < 4.78 is 1.54. The van der Waals surface area contributed by atoms with Crippen LogP contribution in [0.3, 0.4) is 0 Å². The van der Waals surface area contributed by atoms with E-state index >= 15 is 0 Å². The van der Waals surface area contributed by atoms with E-state index in [2.05, 4.69) is 10.1 Å². The molecule has 0 aliphatic carbocycles. The second kappa shape index (κ2) is 4.33. The summed E-state index contributed by atoms with van der Waals surface area (Å²) in [4.78, 5) is 14.7. The Morgan fingerprint density at radius 1 is 1.26 bits per heavy atom. The lowest BCUT2D eigenvalue weighted by Crippen LogP contribution is -1.88. The first-order valence-corrected chi connectivity index (χ1v) is 5.78. The normalized spacial score (nSPS) is 10.8. The minimum absolute atomic E-state index is 0.0283. The van der Waals surface area contributed by atoms with E-state index in [1.807, 2.05) is 0 Å². The zero-order valence-electron chi connectivity index (χ0n) is 9.52. The fourth-order valence-corrected chi connectivity index (χ4v) is 1.92. The molecular weight excluding hydrogens is 268 g/mol. The van der Waals surface area contributed by atoms with Crippen LogP contribution in [0, 0.1) is 10.1 Å². The van der Waals surface area contributed by atoms with Crippen molar-refractivity contribution in [1.82, 2.24) is 14.6 Å². The Hall–Kier alpha value is -2.47. The highest BCUT2D eigenvalue weighted by Crippen LogP contribution is 2.23. The maximum absolute atomic E-state index is 10.8. The molecule has 0 spiro atoms. The molecule has 7 heteroatoms. The van der Waals surface area contributed by atoms with E-state index in [-0.39, 0.29) is 5.69 Å². The number of nitrogens with zero attached hydrogens (tertiary/aromatic N) is 4. The molecule has 0 radical (unpaired) electrons. The van der Waals surface area contributed by atoms with Gasteiger partial charge < -0.3 is 0 Å².